The van der Waals surface area contributed by atoms with Gasteiger partial charge in [0.15, 0.2) is 5.54 Å². The summed E-state index contributed by atoms with van der Waals surface area (Å²) in [6.07, 6.45) is 0.785. The highest BCUT2D eigenvalue weighted by Crippen LogP contribution is 2.33. The summed E-state index contributed by atoms with van der Waals surface area (Å²) in [5.74, 6) is 0.0312. The van der Waals surface area contributed by atoms with Crippen molar-refractivity contribution in [3.05, 3.63) is 99.5 Å². The lowest BCUT2D eigenvalue weighted by molar-refractivity contribution is -0.124. The van der Waals surface area contributed by atoms with Gasteiger partial charge in [-0.1, -0.05) is 58.4 Å². The topological polar surface area (TPSA) is 87.7 Å². The Labute approximate surface area is 205 Å². The van der Waals surface area contributed by atoms with Crippen molar-refractivity contribution >= 4 is 33.8 Å². The van der Waals surface area contributed by atoms with E-state index in [4.69, 9.17) is 4.74 Å². The van der Waals surface area contributed by atoms with Crippen molar-refractivity contribution < 1.29 is 19.1 Å². The van der Waals surface area contributed by atoms with E-state index in [9.17, 15) is 14.4 Å². The fourth-order valence-corrected chi connectivity index (χ4v) is 4.69. The number of halogens is 1. The number of hydrogen-bond acceptors (Lipinski definition) is 4. The monoisotopic (exact) mass is 519 g/mol. The molecule has 8 heteroatoms. The predicted molar refractivity (Wildman–Crippen MR) is 129 cm³/mol. The van der Waals surface area contributed by atoms with Crippen molar-refractivity contribution in [2.24, 2.45) is 0 Å². The Bertz CT molecular complexity index is 1260. The van der Waals surface area contributed by atoms with Crippen LogP contribution in [0.3, 0.4) is 0 Å². The Morgan fingerprint density at radius 3 is 2.44 bits per heavy atom. The molecule has 1 fully saturated rings. The van der Waals surface area contributed by atoms with Crippen molar-refractivity contribution in [3.63, 3.8) is 0 Å². The number of amides is 4. The van der Waals surface area contributed by atoms with Gasteiger partial charge < -0.3 is 15.0 Å². The van der Waals surface area contributed by atoms with Crippen molar-refractivity contribution in [1.82, 2.24) is 15.5 Å². The third kappa shape index (κ3) is 4.17. The molecule has 0 unspecified atom stereocenters. The molecule has 2 aliphatic heterocycles. The van der Waals surface area contributed by atoms with Gasteiger partial charge in [0.05, 0.1) is 13.2 Å². The zero-order valence-electron chi connectivity index (χ0n) is 18.2. The average molecular weight is 520 g/mol. The van der Waals surface area contributed by atoms with Gasteiger partial charge in [-0.05, 0) is 47.0 Å². The van der Waals surface area contributed by atoms with Crippen LogP contribution in [0.2, 0.25) is 0 Å². The van der Waals surface area contributed by atoms with Crippen LogP contribution >= 0.6 is 15.9 Å². The molecule has 5 rings (SSSR count). The minimum Gasteiger partial charge on any atom is -0.493 e. The lowest BCUT2D eigenvalue weighted by Gasteiger charge is -2.31. The van der Waals surface area contributed by atoms with Crippen molar-refractivity contribution in [2.45, 2.75) is 18.5 Å². The van der Waals surface area contributed by atoms with Gasteiger partial charge in [0.2, 0.25) is 0 Å². The molecule has 0 spiro atoms. The maximum Gasteiger partial charge on any atom is 0.322 e. The lowest BCUT2D eigenvalue weighted by atomic mass is 9.89. The summed E-state index contributed by atoms with van der Waals surface area (Å²) in [7, 11) is 0. The smallest absolute Gasteiger partial charge is 0.322 e. The molecule has 0 aromatic heterocycles. The first kappa shape index (κ1) is 22.2. The van der Waals surface area contributed by atoms with Crippen LogP contribution in [0.4, 0.5) is 4.79 Å². The van der Waals surface area contributed by atoms with E-state index in [-0.39, 0.29) is 12.5 Å². The largest absolute Gasteiger partial charge is 0.493 e. The van der Waals surface area contributed by atoms with E-state index < -0.39 is 17.5 Å². The number of fused-ring (bicyclic) bond motifs is 1. The zero-order chi connectivity index (χ0) is 23.7. The van der Waals surface area contributed by atoms with Gasteiger partial charge >= 0.3 is 6.03 Å². The summed E-state index contributed by atoms with van der Waals surface area (Å²) in [5.41, 5.74) is 1.85. The molecule has 1 saturated heterocycles. The summed E-state index contributed by atoms with van der Waals surface area (Å²) in [6.45, 7) is 0.870. The van der Waals surface area contributed by atoms with Crippen LogP contribution in [0.5, 0.6) is 5.75 Å². The number of benzene rings is 3. The summed E-state index contributed by atoms with van der Waals surface area (Å²) >= 11 is 3.39. The van der Waals surface area contributed by atoms with Gasteiger partial charge in [0.1, 0.15) is 5.75 Å². The average Bonchev–Trinajstić information content (AvgIpc) is 3.30. The quantitative estimate of drug-likeness (QED) is 0.465. The molecule has 0 radical (unpaired) electrons. The second kappa shape index (κ2) is 8.95. The zero-order valence-corrected chi connectivity index (χ0v) is 19.8. The molecule has 2 N–H and O–H groups in total. The molecular weight excluding hydrogens is 498 g/mol. The Morgan fingerprint density at radius 1 is 0.971 bits per heavy atom. The summed E-state index contributed by atoms with van der Waals surface area (Å²) in [5, 5.41) is 5.07. The Hall–Kier alpha value is -3.65. The van der Waals surface area contributed by atoms with E-state index in [1.165, 1.54) is 5.56 Å². The fraction of sp³-hybridized carbons (Fsp3) is 0.192. The minimum atomic E-state index is -1.36. The second-order valence-corrected chi connectivity index (χ2v) is 9.30. The minimum absolute atomic E-state index is 0.0178. The summed E-state index contributed by atoms with van der Waals surface area (Å²) in [6, 6.07) is 22.1. The van der Waals surface area contributed by atoms with Gasteiger partial charge in [-0.3, -0.25) is 14.9 Å². The highest BCUT2D eigenvalue weighted by atomic mass is 79.9. The number of ether oxygens (including phenoxy) is 1. The number of nitrogens with zero attached hydrogens (tertiary/aromatic N) is 1. The molecule has 2 heterocycles. The molecule has 3 aromatic carbocycles. The number of urea groups is 1. The first-order valence-electron chi connectivity index (χ1n) is 10.9. The maximum atomic E-state index is 13.1. The van der Waals surface area contributed by atoms with Crippen LogP contribution in [0.25, 0.3) is 0 Å². The number of carbonyl (C=O) groups is 3. The fourth-order valence-electron chi connectivity index (χ4n) is 4.42. The molecule has 0 bridgehead atoms. The normalized spacial score (nSPS) is 19.1. The Balaban J connectivity index is 1.32. The third-order valence-electron chi connectivity index (χ3n) is 6.16. The number of hydrogen-bond donors (Lipinski definition) is 2. The van der Waals surface area contributed by atoms with Crippen LogP contribution < -0.4 is 15.4 Å². The van der Waals surface area contributed by atoms with E-state index in [2.05, 4.69) is 38.7 Å². The van der Waals surface area contributed by atoms with Gasteiger partial charge in [-0.25, -0.2) is 4.79 Å². The standard InChI is InChI=1S/C26H22BrN3O4/c27-20-8-6-19(7-9-20)26(24(32)28-25(33)29-26)16-30-15-18-14-21(10-11-22(18)23(30)31)34-13-12-17-4-2-1-3-5-17/h1-11,14H,12-13,15-16H2,(H2,28,29,32,33)/t26-/m0/s1. The van der Waals surface area contributed by atoms with Crippen LogP contribution in [0.15, 0.2) is 77.3 Å². The van der Waals surface area contributed by atoms with Gasteiger partial charge in [-0.15, -0.1) is 0 Å². The third-order valence-corrected chi connectivity index (χ3v) is 6.69. The number of rotatable bonds is 7. The van der Waals surface area contributed by atoms with E-state index in [0.717, 1.165) is 16.5 Å². The van der Waals surface area contributed by atoms with Crippen LogP contribution in [-0.4, -0.2) is 35.9 Å². The maximum absolute atomic E-state index is 13.1. The van der Waals surface area contributed by atoms with Gasteiger partial charge in [0, 0.05) is 23.0 Å². The van der Waals surface area contributed by atoms with Gasteiger partial charge in [-0.2, -0.15) is 0 Å². The summed E-state index contributed by atoms with van der Waals surface area (Å²) in [4.78, 5) is 39.7. The molecule has 7 nitrogen and oxygen atoms in total. The van der Waals surface area contributed by atoms with Crippen molar-refractivity contribution in [1.29, 1.82) is 0 Å². The van der Waals surface area contributed by atoms with E-state index in [1.807, 2.05) is 24.3 Å². The lowest BCUT2D eigenvalue weighted by Crippen LogP contribution is -2.52. The van der Waals surface area contributed by atoms with Crippen molar-refractivity contribution in [2.75, 3.05) is 13.2 Å². The van der Waals surface area contributed by atoms with Crippen LogP contribution in [0.1, 0.15) is 27.0 Å². The number of nitrogens with one attached hydrogen (secondary N) is 2. The van der Waals surface area contributed by atoms with E-state index in [1.54, 1.807) is 41.3 Å². The first-order chi connectivity index (χ1) is 16.4. The molecule has 0 saturated carbocycles. The molecule has 34 heavy (non-hydrogen) atoms. The highest BCUT2D eigenvalue weighted by Gasteiger charge is 2.50. The molecular formula is C26H22BrN3O4. The molecule has 172 valence electrons. The SMILES string of the molecule is O=C1NC(=O)[C@](CN2Cc3cc(OCCc4ccccc4)ccc3C2=O)(c2ccc(Br)cc2)N1. The van der Waals surface area contributed by atoms with Crippen LogP contribution in [-0.2, 0) is 23.3 Å². The molecule has 0 aliphatic carbocycles. The van der Waals surface area contributed by atoms with Gasteiger partial charge in [0.25, 0.3) is 11.8 Å². The van der Waals surface area contributed by atoms with Crippen molar-refractivity contribution in [3.8, 4) is 5.75 Å². The van der Waals surface area contributed by atoms with E-state index >= 15 is 0 Å². The first-order valence-corrected chi connectivity index (χ1v) is 11.7. The predicted octanol–water partition coefficient (Wildman–Crippen LogP) is 3.76. The Morgan fingerprint density at radius 2 is 1.74 bits per heavy atom. The molecule has 4 amide bonds. The Kier molecular flexibility index (Phi) is 5.83. The number of carbonyl (C=O) groups excluding carboxylic acids is 3. The highest BCUT2D eigenvalue weighted by molar-refractivity contribution is 9.10. The van der Waals surface area contributed by atoms with E-state index in [0.29, 0.717) is 30.0 Å². The molecule has 1 atom stereocenters. The molecule has 3 aromatic rings. The molecule has 2 aliphatic rings. The van der Waals surface area contributed by atoms with Crippen LogP contribution in [0, 0.1) is 0 Å². The second-order valence-electron chi connectivity index (χ2n) is 8.38. The number of imide groups is 1. The summed E-state index contributed by atoms with van der Waals surface area (Å²) < 4.78 is 6.76.